The number of methoxy groups -OCH3 is 1. The molecule has 1 N–H and O–H groups in total. The highest BCUT2D eigenvalue weighted by Gasteiger charge is 2.20. The van der Waals surface area contributed by atoms with Gasteiger partial charge in [0.25, 0.3) is 0 Å². The van der Waals surface area contributed by atoms with Crippen molar-refractivity contribution in [2.24, 2.45) is 0 Å². The third-order valence-corrected chi connectivity index (χ3v) is 1.61. The van der Waals surface area contributed by atoms with Crippen molar-refractivity contribution in [3.05, 3.63) is 0 Å². The van der Waals surface area contributed by atoms with E-state index in [1.165, 1.54) is 7.11 Å². The van der Waals surface area contributed by atoms with Crippen molar-refractivity contribution in [3.8, 4) is 0 Å². The van der Waals surface area contributed by atoms with E-state index in [-0.39, 0.29) is 18.4 Å². The van der Waals surface area contributed by atoms with Crippen LogP contribution in [-0.4, -0.2) is 38.9 Å². The van der Waals surface area contributed by atoms with Gasteiger partial charge >= 0.3 is 5.97 Å². The summed E-state index contributed by atoms with van der Waals surface area (Å²) in [7, 11) is 1.37. The van der Waals surface area contributed by atoms with Crippen molar-refractivity contribution < 1.29 is 14.3 Å². The summed E-state index contributed by atoms with van der Waals surface area (Å²) in [5, 5.41) is 3.09. The Morgan fingerprint density at radius 1 is 1.67 bits per heavy atom. The summed E-state index contributed by atoms with van der Waals surface area (Å²) in [6.07, 6.45) is 0.538. The molecule has 0 unspecified atom stereocenters. The van der Waals surface area contributed by atoms with Gasteiger partial charge in [-0.05, 0) is 13.0 Å². The summed E-state index contributed by atoms with van der Waals surface area (Å²) >= 11 is 0. The fourth-order valence-corrected chi connectivity index (χ4v) is 0.998. The summed E-state index contributed by atoms with van der Waals surface area (Å²) < 4.78 is 9.76. The van der Waals surface area contributed by atoms with Crippen LogP contribution in [0.15, 0.2) is 0 Å². The Labute approximate surface area is 78.0 Å². The lowest BCUT2D eigenvalue weighted by Gasteiger charge is -2.11. The molecule has 0 amide bonds. The van der Waals surface area contributed by atoms with Crippen LogP contribution in [0.3, 0.4) is 0 Å². The lowest BCUT2D eigenvalue weighted by Crippen LogP contribution is -2.34. The average Bonchev–Trinajstić information content (AvgIpc) is 2.30. The second-order valence-electron chi connectivity index (χ2n) is 2.44. The standard InChI is InChI=1S/C7H13NO3.ClH/c1-10-7(9)6-5-8-3-2-4-11-6;/h6,8H,2-5H2,1H3;1H/t6-;/m1./s1. The van der Waals surface area contributed by atoms with E-state index in [2.05, 4.69) is 10.1 Å². The zero-order chi connectivity index (χ0) is 8.10. The van der Waals surface area contributed by atoms with Gasteiger partial charge in [-0.15, -0.1) is 12.4 Å². The second kappa shape index (κ2) is 6.22. The first-order chi connectivity index (χ1) is 5.34. The molecule has 0 radical (unpaired) electrons. The maximum Gasteiger partial charge on any atom is 0.336 e. The Hall–Kier alpha value is -0.320. The van der Waals surface area contributed by atoms with Gasteiger partial charge in [-0.25, -0.2) is 4.79 Å². The highest BCUT2D eigenvalue weighted by atomic mass is 35.5. The Balaban J connectivity index is 0.00000121. The minimum absolute atomic E-state index is 0. The molecule has 1 heterocycles. The zero-order valence-corrected chi connectivity index (χ0v) is 7.86. The molecule has 0 aliphatic carbocycles. The first kappa shape index (κ1) is 11.7. The molecule has 0 aromatic rings. The van der Waals surface area contributed by atoms with Crippen LogP contribution >= 0.6 is 12.4 Å². The monoisotopic (exact) mass is 195 g/mol. The van der Waals surface area contributed by atoms with Crippen molar-refractivity contribution in [1.82, 2.24) is 5.32 Å². The van der Waals surface area contributed by atoms with Crippen LogP contribution in [0.2, 0.25) is 0 Å². The van der Waals surface area contributed by atoms with Crippen LogP contribution in [0, 0.1) is 0 Å². The average molecular weight is 196 g/mol. The minimum atomic E-state index is -0.414. The largest absolute Gasteiger partial charge is 0.467 e. The molecule has 0 saturated carbocycles. The summed E-state index contributed by atoms with van der Waals surface area (Å²) in [6, 6.07) is 0. The summed E-state index contributed by atoms with van der Waals surface area (Å²) in [6.45, 7) is 2.10. The zero-order valence-electron chi connectivity index (χ0n) is 7.04. The molecular formula is C7H14ClNO3. The third-order valence-electron chi connectivity index (χ3n) is 1.61. The molecule has 72 valence electrons. The molecule has 1 saturated heterocycles. The normalized spacial score (nSPS) is 23.6. The van der Waals surface area contributed by atoms with E-state index in [0.29, 0.717) is 13.2 Å². The smallest absolute Gasteiger partial charge is 0.336 e. The van der Waals surface area contributed by atoms with Crippen LogP contribution in [-0.2, 0) is 14.3 Å². The summed E-state index contributed by atoms with van der Waals surface area (Å²) in [4.78, 5) is 10.9. The van der Waals surface area contributed by atoms with Gasteiger partial charge in [0.15, 0.2) is 6.10 Å². The SMILES string of the molecule is COC(=O)[C@H]1CNCCCO1.Cl. The Morgan fingerprint density at radius 2 is 2.42 bits per heavy atom. The molecule has 5 heteroatoms. The number of nitrogens with one attached hydrogen (secondary N) is 1. The van der Waals surface area contributed by atoms with E-state index in [1.807, 2.05) is 0 Å². The number of esters is 1. The number of halogens is 1. The number of carbonyl (C=O) groups is 1. The Kier molecular flexibility index (Phi) is 6.06. The van der Waals surface area contributed by atoms with E-state index >= 15 is 0 Å². The van der Waals surface area contributed by atoms with Crippen LogP contribution in [0.5, 0.6) is 0 Å². The quantitative estimate of drug-likeness (QED) is 0.597. The fourth-order valence-electron chi connectivity index (χ4n) is 0.998. The molecule has 4 nitrogen and oxygen atoms in total. The molecule has 0 aromatic heterocycles. The fraction of sp³-hybridized carbons (Fsp3) is 0.857. The molecule has 0 aromatic carbocycles. The van der Waals surface area contributed by atoms with Crippen molar-refractivity contribution in [1.29, 1.82) is 0 Å². The molecule has 1 aliphatic rings. The molecule has 1 aliphatic heterocycles. The Morgan fingerprint density at radius 3 is 3.08 bits per heavy atom. The maximum absolute atomic E-state index is 10.9. The maximum atomic E-state index is 10.9. The minimum Gasteiger partial charge on any atom is -0.467 e. The second-order valence-corrected chi connectivity index (χ2v) is 2.44. The lowest BCUT2D eigenvalue weighted by atomic mass is 10.3. The van der Waals surface area contributed by atoms with Crippen LogP contribution in [0.4, 0.5) is 0 Å². The molecular weight excluding hydrogens is 182 g/mol. The highest BCUT2D eigenvalue weighted by molar-refractivity contribution is 5.85. The summed E-state index contributed by atoms with van der Waals surface area (Å²) in [5.41, 5.74) is 0. The van der Waals surface area contributed by atoms with Gasteiger partial charge in [0.05, 0.1) is 7.11 Å². The summed E-state index contributed by atoms with van der Waals surface area (Å²) in [5.74, 6) is -0.292. The van der Waals surface area contributed by atoms with Gasteiger partial charge in [0.2, 0.25) is 0 Å². The number of hydrogen-bond acceptors (Lipinski definition) is 4. The van der Waals surface area contributed by atoms with Crippen LogP contribution < -0.4 is 5.32 Å². The Bertz CT molecular complexity index is 135. The predicted molar refractivity (Wildman–Crippen MR) is 46.5 cm³/mol. The van der Waals surface area contributed by atoms with Gasteiger partial charge in [-0.3, -0.25) is 0 Å². The van der Waals surface area contributed by atoms with E-state index in [0.717, 1.165) is 13.0 Å². The molecule has 1 rings (SSSR count). The van der Waals surface area contributed by atoms with Gasteiger partial charge in [-0.1, -0.05) is 0 Å². The van der Waals surface area contributed by atoms with Gasteiger partial charge < -0.3 is 14.8 Å². The van der Waals surface area contributed by atoms with Gasteiger partial charge in [0.1, 0.15) is 0 Å². The molecule has 0 spiro atoms. The van der Waals surface area contributed by atoms with Gasteiger partial charge in [0, 0.05) is 13.2 Å². The first-order valence-corrected chi connectivity index (χ1v) is 3.74. The molecule has 12 heavy (non-hydrogen) atoms. The van der Waals surface area contributed by atoms with E-state index in [1.54, 1.807) is 0 Å². The predicted octanol–water partition coefficient (Wildman–Crippen LogP) is -0.0403. The number of rotatable bonds is 1. The first-order valence-electron chi connectivity index (χ1n) is 3.74. The van der Waals surface area contributed by atoms with Crippen molar-refractivity contribution >= 4 is 18.4 Å². The van der Waals surface area contributed by atoms with Gasteiger partial charge in [-0.2, -0.15) is 0 Å². The van der Waals surface area contributed by atoms with Crippen LogP contribution in [0.25, 0.3) is 0 Å². The topological polar surface area (TPSA) is 47.6 Å². The van der Waals surface area contributed by atoms with Crippen molar-refractivity contribution in [3.63, 3.8) is 0 Å². The molecule has 0 bridgehead atoms. The van der Waals surface area contributed by atoms with E-state index < -0.39 is 6.10 Å². The number of hydrogen-bond donors (Lipinski definition) is 1. The van der Waals surface area contributed by atoms with E-state index in [4.69, 9.17) is 4.74 Å². The third kappa shape index (κ3) is 3.38. The van der Waals surface area contributed by atoms with Crippen molar-refractivity contribution in [2.45, 2.75) is 12.5 Å². The van der Waals surface area contributed by atoms with Crippen LogP contribution in [0.1, 0.15) is 6.42 Å². The van der Waals surface area contributed by atoms with E-state index in [9.17, 15) is 4.79 Å². The van der Waals surface area contributed by atoms with Crippen molar-refractivity contribution in [2.75, 3.05) is 26.8 Å². The molecule has 1 fully saturated rings. The number of carbonyl (C=O) groups excluding carboxylic acids is 1. The highest BCUT2D eigenvalue weighted by Crippen LogP contribution is 1.98. The number of ether oxygens (including phenoxy) is 2. The molecule has 1 atom stereocenters. The lowest BCUT2D eigenvalue weighted by molar-refractivity contribution is -0.153.